The molecule has 3 aromatic carbocycles. The maximum Gasteiger partial charge on any atom is 0.573 e. The highest BCUT2D eigenvalue weighted by Crippen LogP contribution is 2.46. The molecule has 0 bridgehead atoms. The van der Waals surface area contributed by atoms with Crippen molar-refractivity contribution in [2.45, 2.75) is 31.0 Å². The van der Waals surface area contributed by atoms with Gasteiger partial charge in [-0.05, 0) is 41.5 Å². The summed E-state index contributed by atoms with van der Waals surface area (Å²) in [6.45, 7) is -1.27. The van der Waals surface area contributed by atoms with Crippen LogP contribution in [0.15, 0.2) is 66.7 Å². The molecule has 210 valence electrons. The molecule has 14 heteroatoms. The SMILES string of the molecule is OC(CN1c2cccc(-c3cccc(OC(F)(F)F)c3)c2OCC1c1ccc(OC(F)(F)F)cc1)C(F)(F)F. The van der Waals surface area contributed by atoms with Gasteiger partial charge in [0.1, 0.15) is 18.1 Å². The van der Waals surface area contributed by atoms with Crippen molar-refractivity contribution < 1.29 is 58.8 Å². The van der Waals surface area contributed by atoms with E-state index in [0.717, 1.165) is 24.3 Å². The molecule has 0 amide bonds. The van der Waals surface area contributed by atoms with Crippen molar-refractivity contribution in [2.75, 3.05) is 18.1 Å². The predicted octanol–water partition coefficient (Wildman–Crippen LogP) is 7.01. The minimum absolute atomic E-state index is 0.0318. The number of hydrogen-bond donors (Lipinski definition) is 1. The molecule has 0 radical (unpaired) electrons. The largest absolute Gasteiger partial charge is 0.573 e. The number of anilines is 1. The zero-order valence-electron chi connectivity index (χ0n) is 19.4. The summed E-state index contributed by atoms with van der Waals surface area (Å²) in [7, 11) is 0. The molecule has 1 aliphatic heterocycles. The highest BCUT2D eigenvalue weighted by atomic mass is 19.4. The molecule has 0 saturated carbocycles. The summed E-state index contributed by atoms with van der Waals surface area (Å²) >= 11 is 0. The maximum atomic E-state index is 13.3. The van der Waals surface area contributed by atoms with Gasteiger partial charge < -0.3 is 24.2 Å². The van der Waals surface area contributed by atoms with Gasteiger partial charge >= 0.3 is 18.9 Å². The Morgan fingerprint density at radius 2 is 1.44 bits per heavy atom. The number of aliphatic hydroxyl groups excluding tert-OH is 1. The average molecular weight is 567 g/mol. The zero-order chi connectivity index (χ0) is 28.6. The lowest BCUT2D eigenvalue weighted by atomic mass is 9.98. The van der Waals surface area contributed by atoms with Crippen LogP contribution in [0.4, 0.5) is 45.2 Å². The number of fused-ring (bicyclic) bond motifs is 1. The highest BCUT2D eigenvalue weighted by Gasteiger charge is 2.42. The van der Waals surface area contributed by atoms with Gasteiger partial charge in [-0.15, -0.1) is 26.3 Å². The molecule has 0 fully saturated rings. The lowest BCUT2D eigenvalue weighted by molar-refractivity contribution is -0.275. The molecule has 39 heavy (non-hydrogen) atoms. The van der Waals surface area contributed by atoms with Crippen LogP contribution < -0.4 is 19.1 Å². The molecule has 5 nitrogen and oxygen atoms in total. The summed E-state index contributed by atoms with van der Waals surface area (Å²) in [4.78, 5) is 1.18. The second-order valence-electron chi connectivity index (χ2n) is 8.38. The van der Waals surface area contributed by atoms with Crippen molar-refractivity contribution >= 4 is 5.69 Å². The number of rotatable bonds is 6. The van der Waals surface area contributed by atoms with Crippen LogP contribution in [0.1, 0.15) is 11.6 Å². The van der Waals surface area contributed by atoms with E-state index in [1.54, 1.807) is 0 Å². The Morgan fingerprint density at radius 3 is 2.05 bits per heavy atom. The first kappa shape index (κ1) is 28.2. The fourth-order valence-electron chi connectivity index (χ4n) is 4.09. The Hall–Kier alpha value is -3.81. The van der Waals surface area contributed by atoms with Crippen LogP contribution in [0.5, 0.6) is 17.2 Å². The average Bonchev–Trinajstić information content (AvgIpc) is 2.82. The molecule has 2 unspecified atom stereocenters. The number of halogens is 9. The van der Waals surface area contributed by atoms with Gasteiger partial charge in [0.25, 0.3) is 0 Å². The quantitative estimate of drug-likeness (QED) is 0.325. The Kier molecular flexibility index (Phi) is 7.52. The van der Waals surface area contributed by atoms with Gasteiger partial charge in [-0.2, -0.15) is 13.2 Å². The fraction of sp³-hybridized carbons (Fsp3) is 0.280. The van der Waals surface area contributed by atoms with E-state index in [4.69, 9.17) is 4.74 Å². The van der Waals surface area contributed by atoms with Gasteiger partial charge in [0.2, 0.25) is 0 Å². The molecule has 0 aromatic heterocycles. The van der Waals surface area contributed by atoms with Gasteiger partial charge in [0.05, 0.1) is 18.3 Å². The van der Waals surface area contributed by atoms with Crippen LogP contribution in [-0.4, -0.2) is 43.3 Å². The Bertz CT molecular complexity index is 1290. The van der Waals surface area contributed by atoms with Crippen LogP contribution in [0.3, 0.4) is 0 Å². The van der Waals surface area contributed by atoms with Crippen LogP contribution in [-0.2, 0) is 0 Å². The number of aliphatic hydroxyl groups is 1. The van der Waals surface area contributed by atoms with E-state index in [0.29, 0.717) is 0 Å². The van der Waals surface area contributed by atoms with E-state index in [1.807, 2.05) is 0 Å². The van der Waals surface area contributed by atoms with E-state index >= 15 is 0 Å². The van der Waals surface area contributed by atoms with Gasteiger partial charge in [-0.25, -0.2) is 0 Å². The number of alkyl halides is 9. The third kappa shape index (κ3) is 6.99. The first-order valence-electron chi connectivity index (χ1n) is 11.1. The molecular formula is C25H18F9NO4. The summed E-state index contributed by atoms with van der Waals surface area (Å²) in [5.41, 5.74) is 0.774. The van der Waals surface area contributed by atoms with Gasteiger partial charge in [-0.3, -0.25) is 0 Å². The smallest absolute Gasteiger partial charge is 0.488 e. The Balaban J connectivity index is 1.73. The lowest BCUT2D eigenvalue weighted by Crippen LogP contribution is -2.46. The predicted molar refractivity (Wildman–Crippen MR) is 119 cm³/mol. The minimum Gasteiger partial charge on any atom is -0.488 e. The Labute approximate surface area is 214 Å². The van der Waals surface area contributed by atoms with Crippen LogP contribution in [0.2, 0.25) is 0 Å². The molecular weight excluding hydrogens is 549 g/mol. The summed E-state index contributed by atoms with van der Waals surface area (Å²) in [5.74, 6) is -1.05. The number of para-hydroxylation sites is 1. The molecule has 0 spiro atoms. The van der Waals surface area contributed by atoms with Crippen molar-refractivity contribution in [3.05, 3.63) is 72.3 Å². The molecule has 0 aliphatic carbocycles. The third-order valence-corrected chi connectivity index (χ3v) is 5.69. The van der Waals surface area contributed by atoms with Crippen molar-refractivity contribution in [1.29, 1.82) is 0 Å². The van der Waals surface area contributed by atoms with Gasteiger partial charge in [-0.1, -0.05) is 36.4 Å². The van der Waals surface area contributed by atoms with Gasteiger partial charge in [0, 0.05) is 5.56 Å². The molecule has 3 aromatic rings. The van der Waals surface area contributed by atoms with E-state index < -0.39 is 49.1 Å². The second-order valence-corrected chi connectivity index (χ2v) is 8.38. The fourth-order valence-corrected chi connectivity index (χ4v) is 4.09. The molecule has 1 aliphatic rings. The van der Waals surface area contributed by atoms with Crippen molar-refractivity contribution in [3.63, 3.8) is 0 Å². The van der Waals surface area contributed by atoms with Crippen molar-refractivity contribution in [2.24, 2.45) is 0 Å². The van der Waals surface area contributed by atoms with Crippen LogP contribution in [0, 0.1) is 0 Å². The van der Waals surface area contributed by atoms with Crippen LogP contribution >= 0.6 is 0 Å². The summed E-state index contributed by atoms with van der Waals surface area (Å²) in [6, 6.07) is 12.6. The van der Waals surface area contributed by atoms with Crippen molar-refractivity contribution in [1.82, 2.24) is 0 Å². The molecule has 2 atom stereocenters. The first-order chi connectivity index (χ1) is 18.1. The lowest BCUT2D eigenvalue weighted by Gasteiger charge is -2.40. The van der Waals surface area contributed by atoms with E-state index in [2.05, 4.69) is 9.47 Å². The number of ether oxygens (including phenoxy) is 3. The third-order valence-electron chi connectivity index (χ3n) is 5.69. The number of benzene rings is 3. The molecule has 0 saturated heterocycles. The minimum atomic E-state index is -4.99. The van der Waals surface area contributed by atoms with Crippen molar-refractivity contribution in [3.8, 4) is 28.4 Å². The standard InChI is InChI=1S/C25H18F9NO4/c26-23(27,28)21(36)12-35-19-6-2-5-18(15-3-1-4-17(11-15)39-25(32,33)34)22(19)37-13-20(35)14-7-9-16(10-8-14)38-24(29,30)31/h1-11,20-21,36H,12-13H2. The summed E-state index contributed by atoms with van der Waals surface area (Å²) in [6.07, 6.45) is -17.7. The number of β-amino-alcohol motifs (C(OH)–C–C–N with tert-alkyl or cyclic N) is 1. The van der Waals surface area contributed by atoms with E-state index in [1.165, 1.54) is 47.4 Å². The number of nitrogens with zero attached hydrogens (tertiary/aromatic N) is 1. The normalized spacial score (nSPS) is 16.8. The summed E-state index contributed by atoms with van der Waals surface area (Å²) in [5, 5.41) is 9.86. The molecule has 1 N–H and O–H groups in total. The molecule has 4 rings (SSSR count). The topological polar surface area (TPSA) is 51.2 Å². The maximum absolute atomic E-state index is 13.3. The van der Waals surface area contributed by atoms with E-state index in [9.17, 15) is 44.6 Å². The monoisotopic (exact) mass is 567 g/mol. The van der Waals surface area contributed by atoms with E-state index in [-0.39, 0.29) is 34.7 Å². The Morgan fingerprint density at radius 1 is 0.821 bits per heavy atom. The zero-order valence-corrected chi connectivity index (χ0v) is 19.4. The summed E-state index contributed by atoms with van der Waals surface area (Å²) < 4.78 is 129. The molecule has 1 heterocycles. The first-order valence-corrected chi connectivity index (χ1v) is 11.1. The van der Waals surface area contributed by atoms with Crippen LogP contribution in [0.25, 0.3) is 11.1 Å². The highest BCUT2D eigenvalue weighted by molar-refractivity contribution is 5.80. The van der Waals surface area contributed by atoms with Gasteiger partial charge in [0.15, 0.2) is 11.9 Å². The second kappa shape index (κ2) is 10.4. The number of hydrogen-bond acceptors (Lipinski definition) is 5.